The van der Waals surface area contributed by atoms with Gasteiger partial charge in [0.25, 0.3) is 0 Å². The molecule has 1 atom stereocenters. The summed E-state index contributed by atoms with van der Waals surface area (Å²) in [4.78, 5) is 12.0. The molecule has 1 aromatic rings. The van der Waals surface area contributed by atoms with Gasteiger partial charge in [-0.05, 0) is 19.1 Å². The van der Waals surface area contributed by atoms with Gasteiger partial charge in [-0.2, -0.15) is 0 Å². The molecule has 0 saturated carbocycles. The number of ether oxygens (including phenoxy) is 1. The Kier molecular flexibility index (Phi) is 4.90. The maximum Gasteiger partial charge on any atom is 0.339 e. The fraction of sp³-hybridized carbons (Fsp3) is 0.333. The number of esters is 1. The van der Waals surface area contributed by atoms with Crippen molar-refractivity contribution in [2.45, 2.75) is 19.4 Å². The van der Waals surface area contributed by atoms with Crippen LogP contribution < -0.4 is 11.1 Å². The maximum atomic E-state index is 11.5. The van der Waals surface area contributed by atoms with Crippen LogP contribution in [0.25, 0.3) is 0 Å². The van der Waals surface area contributed by atoms with Crippen molar-refractivity contribution in [3.05, 3.63) is 29.8 Å². The number of hydrogen-bond donors (Lipinski definition) is 2. The fourth-order valence-corrected chi connectivity index (χ4v) is 1.77. The van der Waals surface area contributed by atoms with Gasteiger partial charge in [-0.1, -0.05) is 24.4 Å². The lowest BCUT2D eigenvalue weighted by atomic mass is 10.1. The highest BCUT2D eigenvalue weighted by Crippen LogP contribution is 2.17. The van der Waals surface area contributed by atoms with Gasteiger partial charge in [0.2, 0.25) is 0 Å². The molecule has 1 aromatic carbocycles. The summed E-state index contributed by atoms with van der Waals surface area (Å²) in [7, 11) is 1.36. The first-order valence-electron chi connectivity index (χ1n) is 5.26. The minimum atomic E-state index is -0.365. The predicted octanol–water partition coefficient (Wildman–Crippen LogP) is 1.95. The van der Waals surface area contributed by atoms with Crippen LogP contribution in [0.4, 0.5) is 5.69 Å². The Balaban J connectivity index is 2.83. The zero-order valence-corrected chi connectivity index (χ0v) is 10.7. The highest BCUT2D eigenvalue weighted by Gasteiger charge is 2.12. The molecule has 92 valence electrons. The average Bonchev–Trinajstić information content (AvgIpc) is 2.27. The van der Waals surface area contributed by atoms with Crippen LogP contribution in [0.1, 0.15) is 23.7 Å². The normalized spacial score (nSPS) is 11.6. The summed E-state index contributed by atoms with van der Waals surface area (Å²) >= 11 is 4.84. The monoisotopic (exact) mass is 252 g/mol. The quantitative estimate of drug-likeness (QED) is 0.619. The number of para-hydroxylation sites is 1. The number of thiocarbonyl (C=S) groups is 1. The molecule has 17 heavy (non-hydrogen) atoms. The number of nitrogens with two attached hydrogens (primary N) is 1. The molecular formula is C12H16N2O2S. The molecule has 0 amide bonds. The Morgan fingerprint density at radius 1 is 1.53 bits per heavy atom. The summed E-state index contributed by atoms with van der Waals surface area (Å²) in [5.74, 6) is -0.365. The minimum absolute atomic E-state index is 0.0679. The van der Waals surface area contributed by atoms with Crippen LogP contribution in [-0.4, -0.2) is 24.1 Å². The Morgan fingerprint density at radius 3 is 2.76 bits per heavy atom. The Morgan fingerprint density at radius 2 is 2.18 bits per heavy atom. The summed E-state index contributed by atoms with van der Waals surface area (Å²) < 4.78 is 4.71. The number of hydrogen-bond acceptors (Lipinski definition) is 4. The molecule has 0 saturated heterocycles. The van der Waals surface area contributed by atoms with Crippen LogP contribution in [0.15, 0.2) is 24.3 Å². The van der Waals surface area contributed by atoms with Crippen molar-refractivity contribution in [3.8, 4) is 0 Å². The van der Waals surface area contributed by atoms with E-state index in [0.29, 0.717) is 17.0 Å². The molecule has 4 nitrogen and oxygen atoms in total. The van der Waals surface area contributed by atoms with Crippen LogP contribution in [-0.2, 0) is 4.74 Å². The molecule has 0 bridgehead atoms. The Labute approximate surface area is 106 Å². The zero-order valence-electron chi connectivity index (χ0n) is 9.90. The lowest BCUT2D eigenvalue weighted by Gasteiger charge is -2.16. The summed E-state index contributed by atoms with van der Waals surface area (Å²) in [5.41, 5.74) is 6.70. The van der Waals surface area contributed by atoms with Gasteiger partial charge in [0.1, 0.15) is 0 Å². The van der Waals surface area contributed by atoms with E-state index in [2.05, 4.69) is 5.32 Å². The second-order valence-electron chi connectivity index (χ2n) is 3.75. The molecule has 0 spiro atoms. The molecule has 0 fully saturated rings. The summed E-state index contributed by atoms with van der Waals surface area (Å²) in [6.45, 7) is 1.95. The number of carbonyl (C=O) groups excluding carboxylic acids is 1. The van der Waals surface area contributed by atoms with Crippen molar-refractivity contribution in [2.24, 2.45) is 5.73 Å². The van der Waals surface area contributed by atoms with Gasteiger partial charge in [-0.15, -0.1) is 0 Å². The van der Waals surface area contributed by atoms with Crippen molar-refractivity contribution in [1.82, 2.24) is 0 Å². The third kappa shape index (κ3) is 4.03. The van der Waals surface area contributed by atoms with Crippen LogP contribution in [0.5, 0.6) is 0 Å². The SMILES string of the molecule is COC(=O)c1ccccc1NC(C)CC(N)=S. The van der Waals surface area contributed by atoms with Gasteiger partial charge in [-0.25, -0.2) is 4.79 Å². The average molecular weight is 252 g/mol. The number of nitrogens with one attached hydrogen (secondary N) is 1. The van der Waals surface area contributed by atoms with Crippen molar-refractivity contribution in [1.29, 1.82) is 0 Å². The van der Waals surface area contributed by atoms with E-state index in [4.69, 9.17) is 22.7 Å². The van der Waals surface area contributed by atoms with Gasteiger partial charge in [0, 0.05) is 18.2 Å². The van der Waals surface area contributed by atoms with E-state index in [0.717, 1.165) is 5.69 Å². The third-order valence-electron chi connectivity index (χ3n) is 2.24. The Bertz CT molecular complexity index is 421. The van der Waals surface area contributed by atoms with E-state index in [1.54, 1.807) is 12.1 Å². The standard InChI is InChI=1S/C12H16N2O2S/c1-8(7-11(13)17)14-10-6-4-3-5-9(10)12(15)16-2/h3-6,8,14H,7H2,1-2H3,(H2,13,17). The van der Waals surface area contributed by atoms with Crippen LogP contribution >= 0.6 is 12.2 Å². The number of anilines is 1. The van der Waals surface area contributed by atoms with E-state index in [-0.39, 0.29) is 12.0 Å². The summed E-state index contributed by atoms with van der Waals surface area (Å²) in [6.07, 6.45) is 0.574. The van der Waals surface area contributed by atoms with Crippen LogP contribution in [0.3, 0.4) is 0 Å². The Hall–Kier alpha value is -1.62. The number of rotatable bonds is 5. The first-order chi connectivity index (χ1) is 8.04. The molecule has 0 aliphatic heterocycles. The highest BCUT2D eigenvalue weighted by molar-refractivity contribution is 7.80. The highest BCUT2D eigenvalue weighted by atomic mass is 32.1. The van der Waals surface area contributed by atoms with E-state index in [9.17, 15) is 4.79 Å². The zero-order chi connectivity index (χ0) is 12.8. The van der Waals surface area contributed by atoms with E-state index in [1.165, 1.54) is 7.11 Å². The second kappa shape index (κ2) is 6.20. The summed E-state index contributed by atoms with van der Waals surface area (Å²) in [6, 6.07) is 7.24. The topological polar surface area (TPSA) is 64.3 Å². The number of carbonyl (C=O) groups is 1. The van der Waals surface area contributed by atoms with Gasteiger partial charge < -0.3 is 15.8 Å². The molecule has 0 aliphatic rings. The second-order valence-corrected chi connectivity index (χ2v) is 4.28. The molecule has 5 heteroatoms. The van der Waals surface area contributed by atoms with E-state index >= 15 is 0 Å². The lowest BCUT2D eigenvalue weighted by Crippen LogP contribution is -2.23. The van der Waals surface area contributed by atoms with Gasteiger partial charge in [0.05, 0.1) is 17.7 Å². The molecule has 0 aliphatic carbocycles. The van der Waals surface area contributed by atoms with Gasteiger partial charge in [0.15, 0.2) is 0 Å². The maximum absolute atomic E-state index is 11.5. The molecule has 1 unspecified atom stereocenters. The molecule has 3 N–H and O–H groups in total. The third-order valence-corrected chi connectivity index (χ3v) is 2.41. The molecule has 1 rings (SSSR count). The summed E-state index contributed by atoms with van der Waals surface area (Å²) in [5, 5.41) is 3.19. The van der Waals surface area contributed by atoms with E-state index < -0.39 is 0 Å². The van der Waals surface area contributed by atoms with Crippen LogP contribution in [0, 0.1) is 0 Å². The van der Waals surface area contributed by atoms with Crippen molar-refractivity contribution < 1.29 is 9.53 Å². The van der Waals surface area contributed by atoms with Gasteiger partial charge in [-0.3, -0.25) is 0 Å². The van der Waals surface area contributed by atoms with Crippen molar-refractivity contribution in [2.75, 3.05) is 12.4 Å². The fourth-order valence-electron chi connectivity index (χ4n) is 1.52. The first-order valence-corrected chi connectivity index (χ1v) is 5.67. The molecular weight excluding hydrogens is 236 g/mol. The molecule has 0 heterocycles. The number of benzene rings is 1. The smallest absolute Gasteiger partial charge is 0.339 e. The molecule has 0 aromatic heterocycles. The lowest BCUT2D eigenvalue weighted by molar-refractivity contribution is 0.0602. The first kappa shape index (κ1) is 13.4. The minimum Gasteiger partial charge on any atom is -0.465 e. The van der Waals surface area contributed by atoms with Crippen molar-refractivity contribution >= 4 is 28.9 Å². The largest absolute Gasteiger partial charge is 0.465 e. The van der Waals surface area contributed by atoms with Crippen molar-refractivity contribution in [3.63, 3.8) is 0 Å². The van der Waals surface area contributed by atoms with E-state index in [1.807, 2.05) is 19.1 Å². The molecule has 0 radical (unpaired) electrons. The predicted molar refractivity (Wildman–Crippen MR) is 72.3 cm³/mol. The number of methoxy groups -OCH3 is 1. The van der Waals surface area contributed by atoms with Gasteiger partial charge >= 0.3 is 5.97 Å². The van der Waals surface area contributed by atoms with Crippen LogP contribution in [0.2, 0.25) is 0 Å².